The number of aliphatic hydroxyl groups excluding tert-OH is 2. The number of allylic oxidation sites excluding steroid dienone is 5. The quantitative estimate of drug-likeness (QED) is 0.0320. The lowest BCUT2D eigenvalue weighted by atomic mass is 10.0. The van der Waals surface area contributed by atoms with Gasteiger partial charge in [-0.2, -0.15) is 0 Å². The zero-order chi connectivity index (χ0) is 60.6. The maximum absolute atomic E-state index is 12.5. The monoisotopic (exact) mass is 1180 g/mol. The van der Waals surface area contributed by atoms with Crippen molar-refractivity contribution in [1.29, 1.82) is 0 Å². The van der Waals surface area contributed by atoms with Gasteiger partial charge in [-0.05, 0) is 64.2 Å². The fraction of sp³-hybridized carbons (Fsp3) is 0.897. The predicted molar refractivity (Wildman–Crippen MR) is 370 cm³/mol. The van der Waals surface area contributed by atoms with E-state index in [4.69, 9.17) is 4.74 Å². The number of carbonyl (C=O) groups excluding carboxylic acids is 2. The van der Waals surface area contributed by atoms with Gasteiger partial charge in [0.05, 0.1) is 25.4 Å². The van der Waals surface area contributed by atoms with E-state index in [-0.39, 0.29) is 18.5 Å². The Morgan fingerprint density at radius 3 is 0.905 bits per heavy atom. The molecule has 6 nitrogen and oxygen atoms in total. The summed E-state index contributed by atoms with van der Waals surface area (Å²) in [6.07, 6.45) is 95.4. The Morgan fingerprint density at radius 1 is 0.333 bits per heavy atom. The Kier molecular flexibility index (Phi) is 71.9. The third kappa shape index (κ3) is 69.2. The largest absolute Gasteiger partial charge is 0.466 e. The molecule has 0 saturated carbocycles. The van der Waals surface area contributed by atoms with Crippen molar-refractivity contribution in [3.63, 3.8) is 0 Å². The smallest absolute Gasteiger partial charge is 0.305 e. The molecule has 0 fully saturated rings. The van der Waals surface area contributed by atoms with Crippen molar-refractivity contribution in [2.45, 2.75) is 437 Å². The molecule has 0 heterocycles. The van der Waals surface area contributed by atoms with Crippen molar-refractivity contribution in [2.75, 3.05) is 13.2 Å². The Hall–Kier alpha value is -1.92. The van der Waals surface area contributed by atoms with Gasteiger partial charge in [-0.3, -0.25) is 9.59 Å². The molecule has 6 heteroatoms. The molecule has 84 heavy (non-hydrogen) atoms. The summed E-state index contributed by atoms with van der Waals surface area (Å²) in [5.41, 5.74) is 0. The van der Waals surface area contributed by atoms with Crippen LogP contribution in [0.4, 0.5) is 0 Å². The number of aliphatic hydroxyl groups is 2. The fourth-order valence-corrected chi connectivity index (χ4v) is 12.1. The number of rotatable bonds is 72. The van der Waals surface area contributed by atoms with Crippen molar-refractivity contribution in [3.05, 3.63) is 36.5 Å². The first-order chi connectivity index (χ1) is 41.5. The first kappa shape index (κ1) is 82.1. The van der Waals surface area contributed by atoms with Gasteiger partial charge in [0.25, 0.3) is 0 Å². The van der Waals surface area contributed by atoms with E-state index in [0.717, 1.165) is 44.9 Å². The second-order valence-corrected chi connectivity index (χ2v) is 26.3. The second-order valence-electron chi connectivity index (χ2n) is 26.3. The SMILES string of the molecule is CCCCCCCCCCCCCCCCC/C=C/C(O)C(CO)NC(=O)CCCCCCCCCCCCCCCCCCC/C=C\C/C=C\CCCCCCCCCCCCCOC(=O)CCCCCCCCCCCCCCCCC. The Labute approximate surface area is 525 Å². The van der Waals surface area contributed by atoms with Crippen molar-refractivity contribution >= 4 is 11.9 Å². The lowest BCUT2D eigenvalue weighted by Gasteiger charge is -2.20. The molecule has 0 saturated heterocycles. The molecule has 0 radical (unpaired) electrons. The van der Waals surface area contributed by atoms with Gasteiger partial charge in [-0.15, -0.1) is 0 Å². The molecule has 0 aromatic heterocycles. The molecule has 0 aliphatic rings. The van der Waals surface area contributed by atoms with E-state index >= 15 is 0 Å². The van der Waals surface area contributed by atoms with Crippen LogP contribution in [0, 0.1) is 0 Å². The topological polar surface area (TPSA) is 95.9 Å². The van der Waals surface area contributed by atoms with Crippen molar-refractivity contribution in [2.24, 2.45) is 0 Å². The molecule has 0 aliphatic heterocycles. The maximum Gasteiger partial charge on any atom is 0.305 e. The number of nitrogens with one attached hydrogen (secondary N) is 1. The summed E-state index contributed by atoms with van der Waals surface area (Å²) >= 11 is 0. The van der Waals surface area contributed by atoms with E-state index in [1.54, 1.807) is 6.08 Å². The van der Waals surface area contributed by atoms with Gasteiger partial charge in [0.1, 0.15) is 0 Å². The molecular formula is C78H149NO5. The van der Waals surface area contributed by atoms with Crippen LogP contribution in [0.1, 0.15) is 425 Å². The molecule has 0 aromatic rings. The summed E-state index contributed by atoms with van der Waals surface area (Å²) in [5, 5.41) is 23.2. The highest BCUT2D eigenvalue weighted by molar-refractivity contribution is 5.76. The Morgan fingerprint density at radius 2 is 0.595 bits per heavy atom. The van der Waals surface area contributed by atoms with Crippen LogP contribution in [0.15, 0.2) is 36.5 Å². The van der Waals surface area contributed by atoms with Crippen molar-refractivity contribution in [1.82, 2.24) is 5.32 Å². The molecule has 0 aromatic carbocycles. The van der Waals surface area contributed by atoms with Gasteiger partial charge in [0.2, 0.25) is 5.91 Å². The van der Waals surface area contributed by atoms with Crippen LogP contribution < -0.4 is 5.32 Å². The molecule has 0 aliphatic carbocycles. The number of esters is 1. The first-order valence-corrected chi connectivity index (χ1v) is 38.3. The minimum absolute atomic E-state index is 0.0201. The van der Waals surface area contributed by atoms with E-state index in [0.29, 0.717) is 19.4 Å². The zero-order valence-corrected chi connectivity index (χ0v) is 56.9. The molecule has 3 N–H and O–H groups in total. The van der Waals surface area contributed by atoms with E-state index in [1.165, 1.54) is 353 Å². The fourth-order valence-electron chi connectivity index (χ4n) is 12.1. The summed E-state index contributed by atoms with van der Waals surface area (Å²) in [6.45, 7) is 4.95. The molecule has 0 rings (SSSR count). The molecule has 0 spiro atoms. The molecular weight excluding hydrogens is 1030 g/mol. The summed E-state index contributed by atoms with van der Waals surface area (Å²) in [4.78, 5) is 24.6. The average Bonchev–Trinajstić information content (AvgIpc) is 3.53. The number of ether oxygens (including phenoxy) is 1. The van der Waals surface area contributed by atoms with Gasteiger partial charge in [0, 0.05) is 12.8 Å². The standard InChI is InChI=1S/C78H149NO5/c1-3-5-7-9-11-13-15-17-19-39-43-46-50-54-58-62-66-70-76(81)75(74-80)79-77(82)71-67-63-59-55-51-47-44-40-37-35-33-31-29-27-25-23-21-20-22-24-26-28-30-32-34-36-38-41-45-49-53-57-61-65-69-73-84-78(83)72-68-64-60-56-52-48-42-18-16-14-12-10-8-6-4-2/h22,24,28,30,66,70,75-76,80-81H,3-21,23,25-27,29,31-65,67-69,71-74H2,1-2H3,(H,79,82)/b24-22-,30-28-,70-66+. The minimum Gasteiger partial charge on any atom is -0.466 e. The van der Waals surface area contributed by atoms with E-state index < -0.39 is 12.1 Å². The van der Waals surface area contributed by atoms with Crippen molar-refractivity contribution < 1.29 is 24.5 Å². The van der Waals surface area contributed by atoms with Crippen LogP contribution in [0.2, 0.25) is 0 Å². The van der Waals surface area contributed by atoms with Crippen LogP contribution in [0.25, 0.3) is 0 Å². The zero-order valence-electron chi connectivity index (χ0n) is 56.9. The van der Waals surface area contributed by atoms with Gasteiger partial charge in [-0.25, -0.2) is 0 Å². The second kappa shape index (κ2) is 73.5. The molecule has 1 amide bonds. The third-order valence-electron chi connectivity index (χ3n) is 17.9. The maximum atomic E-state index is 12.5. The lowest BCUT2D eigenvalue weighted by Crippen LogP contribution is -2.45. The van der Waals surface area contributed by atoms with Gasteiger partial charge < -0.3 is 20.3 Å². The summed E-state index contributed by atoms with van der Waals surface area (Å²) < 4.78 is 5.50. The number of carbonyl (C=O) groups is 2. The van der Waals surface area contributed by atoms with Crippen LogP contribution in [0.5, 0.6) is 0 Å². The van der Waals surface area contributed by atoms with Gasteiger partial charge >= 0.3 is 5.97 Å². The highest BCUT2D eigenvalue weighted by Crippen LogP contribution is 2.19. The number of hydrogen-bond donors (Lipinski definition) is 3. The molecule has 2 unspecified atom stereocenters. The van der Waals surface area contributed by atoms with Crippen LogP contribution in [0.3, 0.4) is 0 Å². The summed E-state index contributed by atoms with van der Waals surface area (Å²) in [6, 6.07) is -0.626. The van der Waals surface area contributed by atoms with Crippen LogP contribution in [-0.2, 0) is 14.3 Å². The minimum atomic E-state index is -0.843. The van der Waals surface area contributed by atoms with Crippen molar-refractivity contribution in [3.8, 4) is 0 Å². The van der Waals surface area contributed by atoms with E-state index in [1.807, 2.05) is 6.08 Å². The highest BCUT2D eigenvalue weighted by Gasteiger charge is 2.18. The van der Waals surface area contributed by atoms with Gasteiger partial charge in [-0.1, -0.05) is 384 Å². The Bertz CT molecular complexity index is 1360. The molecule has 2 atom stereocenters. The predicted octanol–water partition coefficient (Wildman–Crippen LogP) is 25.0. The number of unbranched alkanes of at least 4 members (excludes halogenated alkanes) is 57. The first-order valence-electron chi connectivity index (χ1n) is 38.3. The molecule has 0 bridgehead atoms. The Balaban J connectivity index is 3.38. The summed E-state index contributed by atoms with van der Waals surface area (Å²) in [7, 11) is 0. The number of hydrogen-bond acceptors (Lipinski definition) is 5. The highest BCUT2D eigenvalue weighted by atomic mass is 16.5. The van der Waals surface area contributed by atoms with Gasteiger partial charge in [0.15, 0.2) is 0 Å². The number of amides is 1. The average molecular weight is 1180 g/mol. The van der Waals surface area contributed by atoms with Crippen LogP contribution >= 0.6 is 0 Å². The van der Waals surface area contributed by atoms with E-state index in [2.05, 4.69) is 43.5 Å². The van der Waals surface area contributed by atoms with Crippen LogP contribution in [-0.4, -0.2) is 47.4 Å². The molecule has 496 valence electrons. The lowest BCUT2D eigenvalue weighted by molar-refractivity contribution is -0.143. The normalized spacial score (nSPS) is 12.7. The van der Waals surface area contributed by atoms with E-state index in [9.17, 15) is 19.8 Å². The summed E-state index contributed by atoms with van der Waals surface area (Å²) in [5.74, 6) is -0.0423. The third-order valence-corrected chi connectivity index (χ3v) is 17.9.